The molecule has 2 N–H and O–H groups in total. The van der Waals surface area contributed by atoms with Gasteiger partial charge in [0.1, 0.15) is 23.1 Å². The number of rotatable bonds is 4. The summed E-state index contributed by atoms with van der Waals surface area (Å²) in [5.41, 5.74) is 8.12. The maximum atomic E-state index is 12.2. The number of primary amides is 1. The van der Waals surface area contributed by atoms with E-state index in [4.69, 9.17) is 10.3 Å². The van der Waals surface area contributed by atoms with E-state index in [1.54, 1.807) is 24.2 Å². The summed E-state index contributed by atoms with van der Waals surface area (Å²) >= 11 is 0. The summed E-state index contributed by atoms with van der Waals surface area (Å²) in [5, 5.41) is 4.12. The van der Waals surface area contributed by atoms with E-state index in [1.165, 1.54) is 6.20 Å². The molecule has 3 aromatic rings. The minimum atomic E-state index is -0.632. The van der Waals surface area contributed by atoms with Gasteiger partial charge in [0.2, 0.25) is 5.91 Å². The molecule has 8 nitrogen and oxygen atoms in total. The van der Waals surface area contributed by atoms with Crippen molar-refractivity contribution < 1.29 is 14.1 Å². The quantitative estimate of drug-likeness (QED) is 0.756. The van der Waals surface area contributed by atoms with Crippen molar-refractivity contribution in [2.75, 3.05) is 13.6 Å². The number of nitrogens with zero attached hydrogens (tertiary/aromatic N) is 4. The summed E-state index contributed by atoms with van der Waals surface area (Å²) in [6, 6.07) is 9.27. The third kappa shape index (κ3) is 3.17. The number of hydrogen-bond donors (Lipinski definition) is 1. The van der Waals surface area contributed by atoms with Crippen LogP contribution < -0.4 is 5.73 Å². The van der Waals surface area contributed by atoms with Gasteiger partial charge in [-0.1, -0.05) is 23.4 Å². The lowest BCUT2D eigenvalue weighted by Gasteiger charge is -2.06. The molecule has 1 aromatic carbocycles. The van der Waals surface area contributed by atoms with Gasteiger partial charge in [-0.15, -0.1) is 0 Å². The first-order valence-electron chi connectivity index (χ1n) is 8.47. The Labute approximate surface area is 155 Å². The van der Waals surface area contributed by atoms with E-state index in [0.29, 0.717) is 23.7 Å². The summed E-state index contributed by atoms with van der Waals surface area (Å²) in [7, 11) is 1.78. The fraction of sp³-hybridized carbons (Fsp3) is 0.211. The predicted octanol–water partition coefficient (Wildman–Crippen LogP) is 1.84. The molecule has 3 heterocycles. The highest BCUT2D eigenvalue weighted by Gasteiger charge is 2.33. The Morgan fingerprint density at radius 2 is 2.00 bits per heavy atom. The van der Waals surface area contributed by atoms with Crippen molar-refractivity contribution in [3.63, 3.8) is 0 Å². The van der Waals surface area contributed by atoms with Crippen LogP contribution in [0.25, 0.3) is 22.5 Å². The molecule has 0 aliphatic carbocycles. The lowest BCUT2D eigenvalue weighted by atomic mass is 10.0. The van der Waals surface area contributed by atoms with Crippen molar-refractivity contribution in [2.24, 2.45) is 5.73 Å². The van der Waals surface area contributed by atoms with Crippen molar-refractivity contribution in [1.82, 2.24) is 20.0 Å². The zero-order valence-electron chi connectivity index (χ0n) is 14.6. The summed E-state index contributed by atoms with van der Waals surface area (Å²) in [6.45, 7) is 0.712. The van der Waals surface area contributed by atoms with Crippen LogP contribution in [-0.4, -0.2) is 45.4 Å². The molecule has 2 aromatic heterocycles. The standard InChI is InChI=1S/C19H17N5O3/c1-24-6-5-13(19(24)26)17-8-14(23-27-17)11-3-2-4-12(7-11)15-9-21-10-16(22-15)18(20)25/h2-4,7-10,13H,5-6H2,1H3,(H2,20,25)/t13-/m0/s1. The molecule has 0 saturated carbocycles. The number of likely N-dealkylation sites (tertiary alicyclic amines) is 1. The second-order valence-electron chi connectivity index (χ2n) is 6.45. The largest absolute Gasteiger partial charge is 0.364 e. The van der Waals surface area contributed by atoms with Gasteiger partial charge in [-0.05, 0) is 12.5 Å². The van der Waals surface area contributed by atoms with Crippen LogP contribution in [0.3, 0.4) is 0 Å². The third-order valence-corrected chi connectivity index (χ3v) is 4.64. The number of benzene rings is 1. The predicted molar refractivity (Wildman–Crippen MR) is 96.5 cm³/mol. The van der Waals surface area contributed by atoms with E-state index in [9.17, 15) is 9.59 Å². The molecule has 0 bridgehead atoms. The molecule has 1 fully saturated rings. The Morgan fingerprint density at radius 3 is 2.70 bits per heavy atom. The highest BCUT2D eigenvalue weighted by molar-refractivity contribution is 5.91. The van der Waals surface area contributed by atoms with Gasteiger partial charge in [-0.3, -0.25) is 14.6 Å². The van der Waals surface area contributed by atoms with E-state index >= 15 is 0 Å². The number of amides is 2. The van der Waals surface area contributed by atoms with Crippen LogP contribution >= 0.6 is 0 Å². The molecule has 1 saturated heterocycles. The van der Waals surface area contributed by atoms with Crippen LogP contribution in [0, 0.1) is 0 Å². The van der Waals surface area contributed by atoms with E-state index in [1.807, 2.05) is 24.3 Å². The second kappa shape index (κ2) is 6.64. The average molecular weight is 363 g/mol. The molecule has 1 atom stereocenters. The number of hydrogen-bond acceptors (Lipinski definition) is 6. The number of likely N-dealkylation sites (N-methyl/N-ethyl adjacent to an activating group) is 1. The van der Waals surface area contributed by atoms with Gasteiger partial charge in [-0.25, -0.2) is 4.98 Å². The molecule has 0 radical (unpaired) electrons. The average Bonchev–Trinajstić information content (AvgIpc) is 3.29. The molecule has 8 heteroatoms. The Balaban J connectivity index is 1.65. The van der Waals surface area contributed by atoms with Crippen LogP contribution in [0.15, 0.2) is 47.2 Å². The van der Waals surface area contributed by atoms with Crippen molar-refractivity contribution in [1.29, 1.82) is 0 Å². The number of carbonyl (C=O) groups is 2. The van der Waals surface area contributed by atoms with Gasteiger partial charge < -0.3 is 15.2 Å². The van der Waals surface area contributed by atoms with Crippen LogP contribution in [-0.2, 0) is 4.79 Å². The smallest absolute Gasteiger partial charge is 0.268 e. The Bertz CT molecular complexity index is 1030. The van der Waals surface area contributed by atoms with E-state index < -0.39 is 5.91 Å². The van der Waals surface area contributed by atoms with Crippen molar-refractivity contribution in [3.05, 3.63) is 54.2 Å². The topological polar surface area (TPSA) is 115 Å². The second-order valence-corrected chi connectivity index (χ2v) is 6.45. The monoisotopic (exact) mass is 363 g/mol. The maximum absolute atomic E-state index is 12.2. The summed E-state index contributed by atoms with van der Waals surface area (Å²) in [5.74, 6) is -0.296. The van der Waals surface area contributed by atoms with Gasteiger partial charge in [-0.2, -0.15) is 0 Å². The normalized spacial score (nSPS) is 16.7. The molecular formula is C19H17N5O3. The molecule has 4 rings (SSSR count). The summed E-state index contributed by atoms with van der Waals surface area (Å²) in [6.07, 6.45) is 3.61. The van der Waals surface area contributed by atoms with E-state index in [2.05, 4.69) is 15.1 Å². The van der Waals surface area contributed by atoms with Crippen molar-refractivity contribution in [2.45, 2.75) is 12.3 Å². The Morgan fingerprint density at radius 1 is 1.22 bits per heavy atom. The molecule has 136 valence electrons. The molecule has 1 aliphatic heterocycles. The highest BCUT2D eigenvalue weighted by Crippen LogP contribution is 2.31. The first-order chi connectivity index (χ1) is 13.0. The van der Waals surface area contributed by atoms with Crippen LogP contribution in [0.4, 0.5) is 0 Å². The summed E-state index contributed by atoms with van der Waals surface area (Å²) < 4.78 is 5.43. The van der Waals surface area contributed by atoms with E-state index in [0.717, 1.165) is 17.5 Å². The van der Waals surface area contributed by atoms with Gasteiger partial charge >= 0.3 is 0 Å². The molecule has 27 heavy (non-hydrogen) atoms. The van der Waals surface area contributed by atoms with Crippen molar-refractivity contribution in [3.8, 4) is 22.5 Å². The Kier molecular flexibility index (Phi) is 4.15. The van der Waals surface area contributed by atoms with Gasteiger partial charge in [0.15, 0.2) is 0 Å². The zero-order chi connectivity index (χ0) is 19.0. The minimum Gasteiger partial charge on any atom is -0.364 e. The number of carbonyl (C=O) groups excluding carboxylic acids is 2. The third-order valence-electron chi connectivity index (χ3n) is 4.64. The van der Waals surface area contributed by atoms with Crippen molar-refractivity contribution >= 4 is 11.8 Å². The first-order valence-corrected chi connectivity index (χ1v) is 8.47. The maximum Gasteiger partial charge on any atom is 0.268 e. The molecule has 2 amide bonds. The van der Waals surface area contributed by atoms with Gasteiger partial charge in [0, 0.05) is 30.8 Å². The fourth-order valence-electron chi connectivity index (χ4n) is 3.14. The van der Waals surface area contributed by atoms with E-state index in [-0.39, 0.29) is 17.5 Å². The fourth-order valence-corrected chi connectivity index (χ4v) is 3.14. The van der Waals surface area contributed by atoms with Gasteiger partial charge in [0.05, 0.1) is 18.1 Å². The lowest BCUT2D eigenvalue weighted by molar-refractivity contribution is -0.128. The SMILES string of the molecule is CN1CC[C@@H](c2cc(-c3cccc(-c4cncc(C(N)=O)n4)c3)no2)C1=O. The number of aromatic nitrogens is 3. The Hall–Kier alpha value is -3.55. The highest BCUT2D eigenvalue weighted by atomic mass is 16.5. The molecular weight excluding hydrogens is 346 g/mol. The summed E-state index contributed by atoms with van der Waals surface area (Å²) in [4.78, 5) is 33.4. The molecule has 0 unspecified atom stereocenters. The minimum absolute atomic E-state index is 0.0463. The molecule has 1 aliphatic rings. The first kappa shape index (κ1) is 16.9. The molecule has 0 spiro atoms. The van der Waals surface area contributed by atoms with Crippen LogP contribution in [0.1, 0.15) is 28.6 Å². The number of nitrogens with two attached hydrogens (primary N) is 1. The van der Waals surface area contributed by atoms with Gasteiger partial charge in [0.25, 0.3) is 5.91 Å². The zero-order valence-corrected chi connectivity index (χ0v) is 14.6. The lowest BCUT2D eigenvalue weighted by Crippen LogP contribution is -2.21. The van der Waals surface area contributed by atoms with Crippen LogP contribution in [0.2, 0.25) is 0 Å². The van der Waals surface area contributed by atoms with Crippen LogP contribution in [0.5, 0.6) is 0 Å².